The summed E-state index contributed by atoms with van der Waals surface area (Å²) in [5, 5.41) is 30.4. The van der Waals surface area contributed by atoms with Gasteiger partial charge in [0.05, 0.1) is 11.1 Å². The maximum Gasteiger partial charge on any atom is 0.338 e. The number of esters is 2. The molecule has 5 atom stereocenters. The molecule has 8 heteroatoms. The van der Waals surface area contributed by atoms with Crippen molar-refractivity contribution in [2.45, 2.75) is 30.7 Å². The van der Waals surface area contributed by atoms with Crippen LogP contribution in [0.2, 0.25) is 0 Å². The Kier molecular flexibility index (Phi) is 6.37. The van der Waals surface area contributed by atoms with Gasteiger partial charge in [-0.2, -0.15) is 0 Å². The van der Waals surface area contributed by atoms with Crippen LogP contribution in [0, 0.1) is 0 Å². The van der Waals surface area contributed by atoms with Crippen molar-refractivity contribution in [2.75, 3.05) is 6.61 Å². The van der Waals surface area contributed by atoms with Gasteiger partial charge in [0.1, 0.15) is 24.9 Å². The Morgan fingerprint density at radius 3 is 1.93 bits per heavy atom. The van der Waals surface area contributed by atoms with Gasteiger partial charge in [0.15, 0.2) is 12.4 Å². The molecule has 3 rings (SSSR count). The summed E-state index contributed by atoms with van der Waals surface area (Å²) in [5.74, 6) is -1.42. The van der Waals surface area contributed by atoms with E-state index in [2.05, 4.69) is 0 Å². The predicted octanol–water partition coefficient (Wildman–Crippen LogP) is 0.508. The Morgan fingerprint density at radius 1 is 0.821 bits per heavy atom. The van der Waals surface area contributed by atoms with Crippen molar-refractivity contribution in [1.82, 2.24) is 0 Å². The van der Waals surface area contributed by atoms with E-state index in [1.807, 2.05) is 0 Å². The maximum atomic E-state index is 12.2. The van der Waals surface area contributed by atoms with E-state index < -0.39 is 49.3 Å². The smallest absolute Gasteiger partial charge is 0.338 e. The molecular formula is C20H20O8. The van der Waals surface area contributed by atoms with E-state index in [0.29, 0.717) is 5.56 Å². The molecule has 1 aliphatic heterocycles. The molecular weight excluding hydrogens is 368 g/mol. The molecule has 1 saturated heterocycles. The molecule has 0 saturated carbocycles. The van der Waals surface area contributed by atoms with Gasteiger partial charge in [0.2, 0.25) is 0 Å². The molecule has 2 aromatic carbocycles. The minimum absolute atomic E-state index is 0.218. The van der Waals surface area contributed by atoms with Crippen molar-refractivity contribution >= 4 is 11.9 Å². The fraction of sp³-hybridized carbons (Fsp3) is 0.300. The zero-order valence-corrected chi connectivity index (χ0v) is 14.8. The van der Waals surface area contributed by atoms with E-state index in [9.17, 15) is 24.9 Å². The highest BCUT2D eigenvalue weighted by atomic mass is 16.7. The average Bonchev–Trinajstić information content (AvgIpc) is 2.73. The molecule has 0 bridgehead atoms. The van der Waals surface area contributed by atoms with Crippen LogP contribution >= 0.6 is 0 Å². The first-order chi connectivity index (χ1) is 13.5. The number of rotatable bonds is 5. The lowest BCUT2D eigenvalue weighted by molar-refractivity contribution is -0.285. The Labute approximate surface area is 160 Å². The molecule has 28 heavy (non-hydrogen) atoms. The van der Waals surface area contributed by atoms with Crippen molar-refractivity contribution in [3.63, 3.8) is 0 Å². The van der Waals surface area contributed by atoms with E-state index in [-0.39, 0.29) is 5.56 Å². The van der Waals surface area contributed by atoms with Gasteiger partial charge < -0.3 is 29.5 Å². The highest BCUT2D eigenvalue weighted by molar-refractivity contribution is 5.89. The van der Waals surface area contributed by atoms with Crippen molar-refractivity contribution in [3.05, 3.63) is 71.8 Å². The van der Waals surface area contributed by atoms with Gasteiger partial charge in [-0.05, 0) is 24.3 Å². The monoisotopic (exact) mass is 388 g/mol. The largest absolute Gasteiger partial charge is 0.459 e. The summed E-state index contributed by atoms with van der Waals surface area (Å²) in [6.07, 6.45) is -7.56. The van der Waals surface area contributed by atoms with Crippen molar-refractivity contribution < 1.29 is 39.1 Å². The van der Waals surface area contributed by atoms with Gasteiger partial charge in [-0.15, -0.1) is 0 Å². The Balaban J connectivity index is 1.65. The van der Waals surface area contributed by atoms with E-state index in [4.69, 9.17) is 14.2 Å². The lowest BCUT2D eigenvalue weighted by Gasteiger charge is -2.39. The van der Waals surface area contributed by atoms with Gasteiger partial charge in [0.25, 0.3) is 0 Å². The zero-order valence-electron chi connectivity index (χ0n) is 14.8. The van der Waals surface area contributed by atoms with Gasteiger partial charge in [-0.25, -0.2) is 9.59 Å². The highest BCUT2D eigenvalue weighted by Gasteiger charge is 2.46. The van der Waals surface area contributed by atoms with Crippen LogP contribution in [0.15, 0.2) is 60.7 Å². The molecule has 0 spiro atoms. The topological polar surface area (TPSA) is 123 Å². The number of carbonyl (C=O) groups is 2. The quantitative estimate of drug-likeness (QED) is 0.633. The normalized spacial score (nSPS) is 27.0. The summed E-state index contributed by atoms with van der Waals surface area (Å²) >= 11 is 0. The summed E-state index contributed by atoms with van der Waals surface area (Å²) in [7, 11) is 0. The van der Waals surface area contributed by atoms with Crippen LogP contribution in [-0.4, -0.2) is 64.6 Å². The minimum Gasteiger partial charge on any atom is -0.459 e. The lowest BCUT2D eigenvalue weighted by atomic mass is 9.99. The van der Waals surface area contributed by atoms with Crippen LogP contribution in [-0.2, 0) is 14.2 Å². The highest BCUT2D eigenvalue weighted by Crippen LogP contribution is 2.24. The number of hydrogen-bond acceptors (Lipinski definition) is 8. The van der Waals surface area contributed by atoms with Crippen LogP contribution in [0.4, 0.5) is 0 Å². The summed E-state index contributed by atoms with van der Waals surface area (Å²) in [6.45, 7) is -0.405. The molecule has 0 radical (unpaired) electrons. The molecule has 148 valence electrons. The third kappa shape index (κ3) is 4.55. The van der Waals surface area contributed by atoms with Gasteiger partial charge >= 0.3 is 11.9 Å². The molecule has 1 fully saturated rings. The Morgan fingerprint density at radius 2 is 1.36 bits per heavy atom. The third-order valence-electron chi connectivity index (χ3n) is 4.30. The minimum atomic E-state index is -1.72. The summed E-state index contributed by atoms with van der Waals surface area (Å²) in [5.41, 5.74) is 0.523. The van der Waals surface area contributed by atoms with Crippen molar-refractivity contribution in [3.8, 4) is 0 Å². The molecule has 1 aliphatic rings. The first kappa shape index (κ1) is 20.0. The first-order valence-corrected chi connectivity index (χ1v) is 8.65. The summed E-state index contributed by atoms with van der Waals surface area (Å²) in [4.78, 5) is 24.2. The second-order valence-electron chi connectivity index (χ2n) is 6.25. The van der Waals surface area contributed by atoms with Crippen LogP contribution in [0.25, 0.3) is 0 Å². The van der Waals surface area contributed by atoms with Crippen LogP contribution in [0.1, 0.15) is 20.7 Å². The number of hydrogen-bond donors (Lipinski definition) is 3. The number of aliphatic hydroxyl groups excluding tert-OH is 3. The predicted molar refractivity (Wildman–Crippen MR) is 95.3 cm³/mol. The van der Waals surface area contributed by atoms with E-state index in [1.165, 1.54) is 12.1 Å². The van der Waals surface area contributed by atoms with E-state index in [1.54, 1.807) is 48.5 Å². The zero-order chi connectivity index (χ0) is 20.1. The molecule has 0 aromatic heterocycles. The molecule has 2 unspecified atom stereocenters. The second-order valence-corrected chi connectivity index (χ2v) is 6.25. The van der Waals surface area contributed by atoms with Crippen molar-refractivity contribution in [2.24, 2.45) is 0 Å². The number of ether oxygens (including phenoxy) is 3. The summed E-state index contributed by atoms with van der Waals surface area (Å²) < 4.78 is 15.4. The maximum absolute atomic E-state index is 12.2. The van der Waals surface area contributed by atoms with Gasteiger partial charge in [-0.3, -0.25) is 0 Å². The molecule has 0 amide bonds. The lowest BCUT2D eigenvalue weighted by Crippen LogP contribution is -2.60. The third-order valence-corrected chi connectivity index (χ3v) is 4.30. The van der Waals surface area contributed by atoms with Gasteiger partial charge in [0, 0.05) is 0 Å². The fourth-order valence-corrected chi connectivity index (χ4v) is 2.77. The van der Waals surface area contributed by atoms with Crippen LogP contribution in [0.5, 0.6) is 0 Å². The first-order valence-electron chi connectivity index (χ1n) is 8.65. The fourth-order valence-electron chi connectivity index (χ4n) is 2.77. The van der Waals surface area contributed by atoms with E-state index >= 15 is 0 Å². The van der Waals surface area contributed by atoms with Crippen LogP contribution in [0.3, 0.4) is 0 Å². The van der Waals surface area contributed by atoms with E-state index in [0.717, 1.165) is 0 Å². The average molecular weight is 388 g/mol. The number of carbonyl (C=O) groups excluding carboxylic acids is 2. The van der Waals surface area contributed by atoms with Gasteiger partial charge in [-0.1, -0.05) is 36.4 Å². The summed E-state index contributed by atoms with van der Waals surface area (Å²) in [6, 6.07) is 16.2. The molecule has 8 nitrogen and oxygen atoms in total. The molecule has 1 heterocycles. The second kappa shape index (κ2) is 8.94. The van der Waals surface area contributed by atoms with Crippen LogP contribution < -0.4 is 0 Å². The Hall–Kier alpha value is -2.78. The molecule has 0 aliphatic carbocycles. The molecule has 2 aromatic rings. The number of benzene rings is 2. The van der Waals surface area contributed by atoms with Crippen molar-refractivity contribution in [1.29, 1.82) is 0 Å². The number of aliphatic hydroxyl groups is 3. The standard InChI is InChI=1S/C20H20O8/c21-15-14(11-26-18(23)12-7-3-1-4-8-12)27-20(25)16(22)17(15)28-19(24)13-9-5-2-6-10-13/h1-10,14-17,20-22,25H,11H2/t14?,15-,16?,17-,20+/m0/s1. The Bertz CT molecular complexity index is 794. The molecule has 3 N–H and O–H groups in total. The SMILES string of the molecule is O=C(OCC1O[C@@H](O)C(O)[C@@H](OC(=O)c2ccccc2)[C@H]1O)c1ccccc1.